The van der Waals surface area contributed by atoms with Crippen molar-refractivity contribution in [2.45, 2.75) is 115 Å². The predicted molar refractivity (Wildman–Crippen MR) is 292 cm³/mol. The van der Waals surface area contributed by atoms with Crippen LogP contribution < -0.4 is 24.8 Å². The second-order valence-electron chi connectivity index (χ2n) is 20.5. The molecule has 20 nitrogen and oxygen atoms in total. The molecule has 0 bridgehead atoms. The molecule has 4 atom stereocenters. The number of non-ortho nitro benzene ring substituents is 1. The number of amides is 4. The molecule has 0 aliphatic carbocycles. The first kappa shape index (κ1) is 61.7. The maximum absolute atomic E-state index is 14.1. The Morgan fingerprint density at radius 1 is 0.897 bits per heavy atom. The van der Waals surface area contributed by atoms with Gasteiger partial charge in [-0.1, -0.05) is 83.1 Å². The number of benzene rings is 4. The summed E-state index contributed by atoms with van der Waals surface area (Å²) < 4.78 is 52.1. The number of aliphatic hydroxyl groups excluding tert-OH is 1. The molecule has 4 amide bonds. The Labute approximate surface area is 457 Å². The number of Topliss-reactive ketones (excluding diaryl/α,β-unsaturated/α-hetero) is 1. The zero-order chi connectivity index (χ0) is 57.2. The molecule has 1 unspecified atom stereocenters. The Hall–Kier alpha value is -7.10. The largest absolute Gasteiger partial charge is 0.493 e. The number of aliphatic hydroxyl groups is 1. The van der Waals surface area contributed by atoms with Crippen molar-refractivity contribution in [3.8, 4) is 17.2 Å². The summed E-state index contributed by atoms with van der Waals surface area (Å²) in [5, 5.41) is 28.5. The number of nitrogens with one attached hydrogen (secondary N) is 2. The molecule has 0 saturated carbocycles. The zero-order valence-electron chi connectivity index (χ0n) is 46.0. The maximum Gasteiger partial charge on any atom is 0.329 e. The molecule has 1 heterocycles. The molecule has 4 aromatic rings. The van der Waals surface area contributed by atoms with Gasteiger partial charge in [-0.05, 0) is 104 Å². The van der Waals surface area contributed by atoms with Gasteiger partial charge in [-0.2, -0.15) is 4.31 Å². The lowest BCUT2D eigenvalue weighted by Gasteiger charge is -2.36. The number of likely N-dealkylation sites (tertiary alicyclic amines) is 1. The standard InChI is InChI=1S/C57H76N6O14S/c1-9-57(4,5)53(66)54(67)62-31-14-13-20-47(62)55(68)77-49(27-21-41-22-28-50(74-7)51(35-41)75-8)42-18-15-19-44(36-42)76-33-30-58-52(65)29-32-60(6)56(69)59-46(34-40-16-11-10-12-17-40)48(64)38-61(37-39(2)3)78(72,73)45-25-23-43(24-26-45)63(70)71/h10-12,15-19,22-26,28,35-36,39,46-49,64H,9,13-14,20-21,27,29-34,37-38H2,1-8H3,(H,58,65)(H,59,69)/t46-,47?,48+,49+/m0/s1. The highest BCUT2D eigenvalue weighted by atomic mass is 32.2. The number of ketones is 1. The number of sulfonamides is 1. The highest BCUT2D eigenvalue weighted by molar-refractivity contribution is 7.89. The summed E-state index contributed by atoms with van der Waals surface area (Å²) in [5.74, 6) is -0.821. The van der Waals surface area contributed by atoms with E-state index in [1.54, 1.807) is 64.5 Å². The summed E-state index contributed by atoms with van der Waals surface area (Å²) in [6.07, 6.45) is 0.851. The van der Waals surface area contributed by atoms with Crippen molar-refractivity contribution < 1.29 is 61.4 Å². The first-order valence-electron chi connectivity index (χ1n) is 26.3. The molecular formula is C57H76N6O14S. The summed E-state index contributed by atoms with van der Waals surface area (Å²) in [4.78, 5) is 80.8. The molecule has 0 spiro atoms. The van der Waals surface area contributed by atoms with Gasteiger partial charge in [-0.25, -0.2) is 18.0 Å². The fraction of sp³-hybridized carbons (Fsp3) is 0.491. The smallest absolute Gasteiger partial charge is 0.329 e. The topological polar surface area (TPSA) is 254 Å². The van der Waals surface area contributed by atoms with Crippen LogP contribution in [0.2, 0.25) is 0 Å². The van der Waals surface area contributed by atoms with E-state index in [9.17, 15) is 47.6 Å². The van der Waals surface area contributed by atoms with E-state index in [0.717, 1.165) is 39.7 Å². The number of nitrogens with zero attached hydrogens (tertiary/aromatic N) is 4. The molecular weight excluding hydrogens is 1020 g/mol. The second kappa shape index (κ2) is 29.0. The Morgan fingerprint density at radius 3 is 2.26 bits per heavy atom. The number of urea groups is 1. The highest BCUT2D eigenvalue weighted by Gasteiger charge is 2.41. The van der Waals surface area contributed by atoms with Crippen LogP contribution in [0.5, 0.6) is 17.2 Å². The lowest BCUT2D eigenvalue weighted by molar-refractivity contribution is -0.384. The average molecular weight is 1100 g/mol. The van der Waals surface area contributed by atoms with Gasteiger partial charge in [0.15, 0.2) is 11.5 Å². The molecule has 1 saturated heterocycles. The summed E-state index contributed by atoms with van der Waals surface area (Å²) in [6, 6.07) is 23.6. The van der Waals surface area contributed by atoms with Gasteiger partial charge in [0, 0.05) is 57.2 Å². The summed E-state index contributed by atoms with van der Waals surface area (Å²) in [5.41, 5.74) is 1.13. The van der Waals surface area contributed by atoms with Crippen molar-refractivity contribution in [1.82, 2.24) is 24.7 Å². The summed E-state index contributed by atoms with van der Waals surface area (Å²) in [7, 11) is 0.357. The van der Waals surface area contributed by atoms with Crippen LogP contribution in [-0.2, 0) is 46.8 Å². The fourth-order valence-corrected chi connectivity index (χ4v) is 10.4. The van der Waals surface area contributed by atoms with Crippen LogP contribution in [0.3, 0.4) is 0 Å². The van der Waals surface area contributed by atoms with Crippen molar-refractivity contribution in [1.29, 1.82) is 0 Å². The molecule has 78 heavy (non-hydrogen) atoms. The number of piperidine rings is 1. The molecule has 21 heteroatoms. The lowest BCUT2D eigenvalue weighted by atomic mass is 9.84. The third-order valence-corrected chi connectivity index (χ3v) is 15.6. The number of carbonyl (C=O) groups excluding carboxylic acids is 5. The van der Waals surface area contributed by atoms with Gasteiger partial charge in [0.25, 0.3) is 11.6 Å². The Kier molecular flexibility index (Phi) is 23.0. The number of aryl methyl sites for hydroxylation is 1. The third-order valence-electron chi connectivity index (χ3n) is 13.8. The van der Waals surface area contributed by atoms with Gasteiger partial charge >= 0.3 is 12.0 Å². The van der Waals surface area contributed by atoms with Crippen LogP contribution >= 0.6 is 0 Å². The van der Waals surface area contributed by atoms with Crippen molar-refractivity contribution in [2.75, 3.05) is 60.6 Å². The van der Waals surface area contributed by atoms with Gasteiger partial charge in [-0.15, -0.1) is 0 Å². The number of ether oxygens (including phenoxy) is 4. The van der Waals surface area contributed by atoms with Crippen molar-refractivity contribution in [2.24, 2.45) is 11.3 Å². The molecule has 0 aromatic heterocycles. The van der Waals surface area contributed by atoms with Gasteiger partial charge in [0.1, 0.15) is 24.5 Å². The Morgan fingerprint density at radius 2 is 1.60 bits per heavy atom. The molecule has 1 fully saturated rings. The van der Waals surface area contributed by atoms with Crippen LogP contribution in [-0.4, -0.2) is 141 Å². The average Bonchev–Trinajstić information content (AvgIpc) is 3.46. The van der Waals surface area contributed by atoms with Crippen LogP contribution in [0.15, 0.2) is 102 Å². The SMILES string of the molecule is CCC(C)(C)C(=O)C(=O)N1CCCCC1C(=O)O[C@H](CCc1ccc(OC)c(OC)c1)c1cccc(OCCNC(=O)CCN(C)C(=O)N[C@@H](Cc2ccccc2)[C@H](O)CN(CC(C)C)S(=O)(=O)c2ccc([N+](=O)[O-])cc2)c1. The summed E-state index contributed by atoms with van der Waals surface area (Å²) >= 11 is 0. The number of nitro benzene ring substituents is 1. The highest BCUT2D eigenvalue weighted by Crippen LogP contribution is 2.33. The van der Waals surface area contributed by atoms with Gasteiger partial charge in [0.2, 0.25) is 21.7 Å². The maximum atomic E-state index is 14.1. The van der Waals surface area contributed by atoms with E-state index in [-0.39, 0.29) is 68.0 Å². The van der Waals surface area contributed by atoms with Crippen LogP contribution in [0.1, 0.15) is 95.9 Å². The molecule has 424 valence electrons. The van der Waals surface area contributed by atoms with E-state index in [4.69, 9.17) is 18.9 Å². The number of methoxy groups -OCH3 is 2. The van der Waals surface area contributed by atoms with Gasteiger partial charge in [0.05, 0.1) is 42.7 Å². The van der Waals surface area contributed by atoms with E-state index < -0.39 is 74.9 Å². The van der Waals surface area contributed by atoms with Gasteiger partial charge < -0.3 is 44.5 Å². The van der Waals surface area contributed by atoms with Crippen molar-refractivity contribution in [3.63, 3.8) is 0 Å². The monoisotopic (exact) mass is 1100 g/mol. The molecule has 1 aliphatic rings. The first-order valence-corrected chi connectivity index (χ1v) is 27.8. The van der Waals surface area contributed by atoms with E-state index in [1.165, 1.54) is 16.8 Å². The number of nitro groups is 1. The van der Waals surface area contributed by atoms with Crippen molar-refractivity contribution in [3.05, 3.63) is 124 Å². The van der Waals surface area contributed by atoms with Crippen LogP contribution in [0.25, 0.3) is 0 Å². The predicted octanol–water partition coefficient (Wildman–Crippen LogP) is 7.06. The number of hydrogen-bond acceptors (Lipinski definition) is 14. The summed E-state index contributed by atoms with van der Waals surface area (Å²) in [6.45, 7) is 8.96. The molecule has 3 N–H and O–H groups in total. The molecule has 5 rings (SSSR count). The van der Waals surface area contributed by atoms with E-state index in [1.807, 2.05) is 57.2 Å². The number of rotatable bonds is 29. The minimum atomic E-state index is -4.23. The normalized spacial score (nSPS) is 14.9. The van der Waals surface area contributed by atoms with Gasteiger partial charge in [-0.3, -0.25) is 24.5 Å². The second-order valence-corrected chi connectivity index (χ2v) is 22.4. The van der Waals surface area contributed by atoms with E-state index >= 15 is 0 Å². The lowest BCUT2D eigenvalue weighted by Crippen LogP contribution is -2.53. The number of esters is 1. The van der Waals surface area contributed by atoms with E-state index in [2.05, 4.69) is 10.6 Å². The number of carbonyl (C=O) groups is 5. The minimum Gasteiger partial charge on any atom is -0.493 e. The fourth-order valence-electron chi connectivity index (χ4n) is 8.79. The van der Waals surface area contributed by atoms with E-state index in [0.29, 0.717) is 61.3 Å². The third kappa shape index (κ3) is 17.5. The van der Waals surface area contributed by atoms with Crippen LogP contribution in [0.4, 0.5) is 10.5 Å². The Balaban J connectivity index is 1.20. The first-order chi connectivity index (χ1) is 37.1. The minimum absolute atomic E-state index is 0.00799. The van der Waals surface area contributed by atoms with Crippen molar-refractivity contribution >= 4 is 45.3 Å². The quantitative estimate of drug-likeness (QED) is 0.0162. The zero-order valence-corrected chi connectivity index (χ0v) is 46.8. The van der Waals surface area contributed by atoms with Crippen LogP contribution in [0, 0.1) is 21.4 Å². The number of hydrogen-bond donors (Lipinski definition) is 3. The molecule has 0 radical (unpaired) electrons. The molecule has 1 aliphatic heterocycles. The molecule has 4 aromatic carbocycles. The Bertz CT molecular complexity index is 2780.